The maximum absolute atomic E-state index is 12.6. The van der Waals surface area contributed by atoms with Gasteiger partial charge in [-0.1, -0.05) is 31.2 Å². The molecule has 0 aliphatic carbocycles. The van der Waals surface area contributed by atoms with E-state index in [9.17, 15) is 4.79 Å². The van der Waals surface area contributed by atoms with Crippen LogP contribution in [0.5, 0.6) is 0 Å². The number of fused-ring (bicyclic) bond motifs is 1. The molecule has 1 amide bonds. The van der Waals surface area contributed by atoms with Crippen molar-refractivity contribution >= 4 is 38.8 Å². The molecule has 0 spiro atoms. The quantitative estimate of drug-likeness (QED) is 0.662. The van der Waals surface area contributed by atoms with Crippen molar-refractivity contribution in [3.63, 3.8) is 0 Å². The molecule has 2 N–H and O–H groups in total. The molecule has 0 saturated carbocycles. The number of aryl methyl sites for hydroxylation is 1. The highest BCUT2D eigenvalue weighted by atomic mass is 32.1. The fourth-order valence-corrected chi connectivity index (χ4v) is 4.23. The Morgan fingerprint density at radius 3 is 2.70 bits per heavy atom. The van der Waals surface area contributed by atoms with E-state index in [2.05, 4.69) is 39.8 Å². The van der Waals surface area contributed by atoms with Gasteiger partial charge in [0, 0.05) is 13.1 Å². The third-order valence-corrected chi connectivity index (χ3v) is 5.70. The first-order valence-corrected chi connectivity index (χ1v) is 9.94. The Kier molecular flexibility index (Phi) is 5.22. The first-order chi connectivity index (χ1) is 13.3. The van der Waals surface area contributed by atoms with E-state index in [1.165, 1.54) is 11.3 Å². The molecule has 0 atom stereocenters. The molecule has 27 heavy (non-hydrogen) atoms. The lowest BCUT2D eigenvalue weighted by Gasteiger charge is -2.29. The van der Waals surface area contributed by atoms with Crippen molar-refractivity contribution in [2.24, 2.45) is 0 Å². The van der Waals surface area contributed by atoms with Crippen molar-refractivity contribution in [1.29, 1.82) is 0 Å². The van der Waals surface area contributed by atoms with E-state index in [4.69, 9.17) is 4.74 Å². The maximum Gasteiger partial charge on any atom is 0.298 e. The summed E-state index contributed by atoms with van der Waals surface area (Å²) in [5.74, 6) is -0.227. The minimum absolute atomic E-state index is 0.227. The van der Waals surface area contributed by atoms with E-state index >= 15 is 0 Å². The Morgan fingerprint density at radius 2 is 1.96 bits per heavy atom. The number of morpholine rings is 1. The van der Waals surface area contributed by atoms with E-state index < -0.39 is 0 Å². The maximum atomic E-state index is 12.6. The SMILES string of the molecule is CCc1ccc(N2CCOCC2)c2sc(C(=O)NNc3ccccc3)nc12. The van der Waals surface area contributed by atoms with Crippen molar-refractivity contribution in [3.05, 3.63) is 53.0 Å². The van der Waals surface area contributed by atoms with Gasteiger partial charge in [0.15, 0.2) is 5.01 Å². The van der Waals surface area contributed by atoms with Gasteiger partial charge in [-0.3, -0.25) is 15.6 Å². The van der Waals surface area contributed by atoms with Crippen LogP contribution in [0.15, 0.2) is 42.5 Å². The zero-order valence-electron chi connectivity index (χ0n) is 15.2. The minimum atomic E-state index is -0.227. The number of para-hydroxylation sites is 1. The van der Waals surface area contributed by atoms with Crippen molar-refractivity contribution in [1.82, 2.24) is 10.4 Å². The number of hydrogen-bond donors (Lipinski definition) is 2. The summed E-state index contributed by atoms with van der Waals surface area (Å²) in [6.07, 6.45) is 0.882. The van der Waals surface area contributed by atoms with Crippen LogP contribution in [0.4, 0.5) is 11.4 Å². The number of nitrogens with zero attached hydrogens (tertiary/aromatic N) is 2. The predicted octanol–water partition coefficient (Wildman–Crippen LogP) is 3.45. The second-order valence-corrected chi connectivity index (χ2v) is 7.34. The van der Waals surface area contributed by atoms with Gasteiger partial charge in [-0.25, -0.2) is 4.98 Å². The van der Waals surface area contributed by atoms with Crippen LogP contribution in [0.2, 0.25) is 0 Å². The Labute approximate surface area is 162 Å². The van der Waals surface area contributed by atoms with Crippen molar-refractivity contribution < 1.29 is 9.53 Å². The third kappa shape index (κ3) is 3.74. The van der Waals surface area contributed by atoms with E-state index in [0.29, 0.717) is 5.01 Å². The molecule has 1 saturated heterocycles. The smallest absolute Gasteiger partial charge is 0.298 e. The van der Waals surface area contributed by atoms with Gasteiger partial charge in [0.1, 0.15) is 0 Å². The van der Waals surface area contributed by atoms with Gasteiger partial charge in [-0.15, -0.1) is 11.3 Å². The summed E-state index contributed by atoms with van der Waals surface area (Å²) in [5.41, 5.74) is 9.73. The summed E-state index contributed by atoms with van der Waals surface area (Å²) in [6, 6.07) is 13.8. The number of rotatable bonds is 5. The summed E-state index contributed by atoms with van der Waals surface area (Å²) in [7, 11) is 0. The Hall–Kier alpha value is -2.64. The number of nitrogens with one attached hydrogen (secondary N) is 2. The molecule has 1 aliphatic heterocycles. The zero-order chi connectivity index (χ0) is 18.6. The van der Waals surface area contributed by atoms with Gasteiger partial charge < -0.3 is 9.64 Å². The first kappa shape index (κ1) is 17.8. The average Bonchev–Trinajstić information content (AvgIpc) is 3.18. The minimum Gasteiger partial charge on any atom is -0.378 e. The molecule has 2 aromatic carbocycles. The van der Waals surface area contributed by atoms with Crippen molar-refractivity contribution in [3.8, 4) is 0 Å². The van der Waals surface area contributed by atoms with Crippen LogP contribution >= 0.6 is 11.3 Å². The summed E-state index contributed by atoms with van der Waals surface area (Å²) in [4.78, 5) is 19.6. The highest BCUT2D eigenvalue weighted by molar-refractivity contribution is 7.21. The fraction of sp³-hybridized carbons (Fsp3) is 0.300. The molecule has 6 nitrogen and oxygen atoms in total. The standard InChI is InChI=1S/C20H22N4O2S/c1-2-14-8-9-16(24-10-12-26-13-11-24)18-17(14)21-20(27-18)19(25)23-22-15-6-4-3-5-7-15/h3-9,22H,2,10-13H2,1H3,(H,23,25). The van der Waals surface area contributed by atoms with Crippen LogP contribution < -0.4 is 15.8 Å². The molecule has 1 aliphatic rings. The Morgan fingerprint density at radius 1 is 1.19 bits per heavy atom. The lowest BCUT2D eigenvalue weighted by atomic mass is 10.1. The van der Waals surface area contributed by atoms with E-state index in [0.717, 1.165) is 59.9 Å². The van der Waals surface area contributed by atoms with Gasteiger partial charge >= 0.3 is 0 Å². The van der Waals surface area contributed by atoms with Crippen molar-refractivity contribution in [2.75, 3.05) is 36.6 Å². The number of anilines is 2. The van der Waals surface area contributed by atoms with Crippen LogP contribution in [0, 0.1) is 0 Å². The van der Waals surface area contributed by atoms with E-state index in [-0.39, 0.29) is 5.91 Å². The molecule has 1 fully saturated rings. The molecule has 0 bridgehead atoms. The normalized spacial score (nSPS) is 14.3. The zero-order valence-corrected chi connectivity index (χ0v) is 16.0. The number of benzene rings is 2. The molecule has 4 rings (SSSR count). The molecular formula is C20H22N4O2S. The van der Waals surface area contributed by atoms with E-state index in [1.54, 1.807) is 0 Å². The summed E-state index contributed by atoms with van der Waals surface area (Å²) in [5, 5.41) is 0.462. The molecule has 7 heteroatoms. The van der Waals surface area contributed by atoms with Crippen LogP contribution in [-0.4, -0.2) is 37.2 Å². The molecule has 3 aromatic rings. The molecule has 140 valence electrons. The highest BCUT2D eigenvalue weighted by Crippen LogP contribution is 2.35. The van der Waals surface area contributed by atoms with Gasteiger partial charge in [0.25, 0.3) is 5.91 Å². The number of hydrazine groups is 1. The monoisotopic (exact) mass is 382 g/mol. The van der Waals surface area contributed by atoms with Crippen LogP contribution in [0.1, 0.15) is 22.3 Å². The Balaban J connectivity index is 1.62. The summed E-state index contributed by atoms with van der Waals surface area (Å²) >= 11 is 1.44. The number of carbonyl (C=O) groups is 1. The average molecular weight is 382 g/mol. The van der Waals surface area contributed by atoms with Gasteiger partial charge in [-0.2, -0.15) is 0 Å². The first-order valence-electron chi connectivity index (χ1n) is 9.13. The molecule has 0 radical (unpaired) electrons. The molecule has 1 aromatic heterocycles. The summed E-state index contributed by atoms with van der Waals surface area (Å²) < 4.78 is 6.54. The lowest BCUT2D eigenvalue weighted by Crippen LogP contribution is -2.36. The second-order valence-electron chi connectivity index (χ2n) is 6.34. The number of hydrogen-bond acceptors (Lipinski definition) is 6. The van der Waals surface area contributed by atoms with Gasteiger partial charge in [0.05, 0.1) is 34.8 Å². The Bertz CT molecular complexity index is 936. The van der Waals surface area contributed by atoms with Crippen LogP contribution in [0.25, 0.3) is 10.2 Å². The highest BCUT2D eigenvalue weighted by Gasteiger charge is 2.20. The lowest BCUT2D eigenvalue weighted by molar-refractivity contribution is 0.0962. The van der Waals surface area contributed by atoms with Crippen LogP contribution in [-0.2, 0) is 11.2 Å². The number of carbonyl (C=O) groups excluding carboxylic acids is 1. The van der Waals surface area contributed by atoms with E-state index in [1.807, 2.05) is 30.3 Å². The summed E-state index contributed by atoms with van der Waals surface area (Å²) in [6.45, 7) is 5.28. The molecule has 2 heterocycles. The number of ether oxygens (including phenoxy) is 1. The number of amides is 1. The van der Waals surface area contributed by atoms with Crippen LogP contribution in [0.3, 0.4) is 0 Å². The van der Waals surface area contributed by atoms with Crippen molar-refractivity contribution in [2.45, 2.75) is 13.3 Å². The second kappa shape index (κ2) is 7.94. The molecular weight excluding hydrogens is 360 g/mol. The van der Waals surface area contributed by atoms with Gasteiger partial charge in [-0.05, 0) is 30.2 Å². The van der Waals surface area contributed by atoms with Gasteiger partial charge in [0.2, 0.25) is 0 Å². The number of aromatic nitrogens is 1. The number of thiazole rings is 1. The predicted molar refractivity (Wildman–Crippen MR) is 110 cm³/mol. The topological polar surface area (TPSA) is 66.5 Å². The third-order valence-electron chi connectivity index (χ3n) is 4.63. The largest absolute Gasteiger partial charge is 0.378 e. The molecule has 0 unspecified atom stereocenters. The fourth-order valence-electron chi connectivity index (χ4n) is 3.19.